The number of carboxylic acid groups (broad SMARTS) is 1. The zero-order valence-corrected chi connectivity index (χ0v) is 11.7. The minimum atomic E-state index is -0.833. The monoisotopic (exact) mass is 270 g/mol. The Balaban J connectivity index is 0.000000711. The summed E-state index contributed by atoms with van der Waals surface area (Å²) in [4.78, 5) is 9.00. The van der Waals surface area contributed by atoms with Crippen LogP contribution in [0, 0.1) is 0 Å². The first-order chi connectivity index (χ1) is 9.01. The molecule has 1 aromatic rings. The zero-order valence-electron chi connectivity index (χ0n) is 11.7. The van der Waals surface area contributed by atoms with Gasteiger partial charge in [0.25, 0.3) is 5.97 Å². The van der Waals surface area contributed by atoms with E-state index in [2.05, 4.69) is 6.92 Å². The molecule has 2 N–H and O–H groups in total. The number of hydrogen-bond acceptors (Lipinski definition) is 4. The first-order valence-corrected chi connectivity index (χ1v) is 6.14. The number of aliphatic carboxylic acids is 1. The number of benzene rings is 1. The number of hydrogen-bond donors (Lipinski definition) is 2. The Hall–Kier alpha value is -1.75. The molecule has 5 nitrogen and oxygen atoms in total. The van der Waals surface area contributed by atoms with Crippen molar-refractivity contribution in [3.63, 3.8) is 0 Å². The second kappa shape index (κ2) is 10.2. The Labute approximate surface area is 113 Å². The molecular weight excluding hydrogens is 248 g/mol. The number of phenols is 1. The molecular formula is C14H22O5. The van der Waals surface area contributed by atoms with Gasteiger partial charge in [0.2, 0.25) is 0 Å². The average Bonchev–Trinajstić information content (AvgIpc) is 2.36. The molecule has 0 aromatic heterocycles. The molecule has 0 bridgehead atoms. The molecule has 0 unspecified atom stereocenters. The molecule has 0 amide bonds. The van der Waals surface area contributed by atoms with Gasteiger partial charge in [-0.1, -0.05) is 19.4 Å². The van der Waals surface area contributed by atoms with Gasteiger partial charge in [-0.25, -0.2) is 0 Å². The van der Waals surface area contributed by atoms with E-state index in [1.807, 2.05) is 6.07 Å². The van der Waals surface area contributed by atoms with Crippen LogP contribution in [0.4, 0.5) is 0 Å². The quantitative estimate of drug-likeness (QED) is 0.777. The highest BCUT2D eigenvalue weighted by molar-refractivity contribution is 5.62. The van der Waals surface area contributed by atoms with Crippen molar-refractivity contribution in [1.82, 2.24) is 0 Å². The normalized spacial score (nSPS) is 9.42. The van der Waals surface area contributed by atoms with E-state index in [1.54, 1.807) is 12.1 Å². The number of rotatable bonds is 6. The molecule has 0 heterocycles. The van der Waals surface area contributed by atoms with Crippen LogP contribution in [-0.2, 0) is 16.1 Å². The summed E-state index contributed by atoms with van der Waals surface area (Å²) in [6.07, 6.45) is 2.22. The summed E-state index contributed by atoms with van der Waals surface area (Å²) in [5, 5.41) is 16.8. The average molecular weight is 270 g/mol. The van der Waals surface area contributed by atoms with E-state index in [1.165, 1.54) is 7.11 Å². The van der Waals surface area contributed by atoms with Crippen LogP contribution in [0.5, 0.6) is 11.5 Å². The lowest BCUT2D eigenvalue weighted by Crippen LogP contribution is -1.95. The van der Waals surface area contributed by atoms with Crippen molar-refractivity contribution >= 4 is 5.97 Å². The SMILES string of the molecule is CC(=O)O.CCCCOCc1ccc(O)c(OC)c1. The Kier molecular flexibility index (Phi) is 9.26. The van der Waals surface area contributed by atoms with Gasteiger partial charge < -0.3 is 19.7 Å². The molecule has 19 heavy (non-hydrogen) atoms. The van der Waals surface area contributed by atoms with Gasteiger partial charge in [0.05, 0.1) is 13.7 Å². The predicted octanol–water partition coefficient (Wildman–Crippen LogP) is 2.81. The largest absolute Gasteiger partial charge is 0.504 e. The second-order valence-electron chi connectivity index (χ2n) is 3.93. The van der Waals surface area contributed by atoms with Crippen LogP contribution in [-0.4, -0.2) is 29.9 Å². The third kappa shape index (κ3) is 8.90. The number of phenolic OH excluding ortho intramolecular Hbond substituents is 1. The summed E-state index contributed by atoms with van der Waals surface area (Å²) in [7, 11) is 1.54. The van der Waals surface area contributed by atoms with Crippen LogP contribution in [0.1, 0.15) is 32.3 Å². The maximum absolute atomic E-state index is 9.38. The third-order valence-electron chi connectivity index (χ3n) is 2.16. The topological polar surface area (TPSA) is 76.0 Å². The summed E-state index contributed by atoms with van der Waals surface area (Å²) in [6, 6.07) is 5.25. The molecule has 1 aromatic carbocycles. The van der Waals surface area contributed by atoms with Crippen LogP contribution in [0.15, 0.2) is 18.2 Å². The van der Waals surface area contributed by atoms with Crippen molar-refractivity contribution in [1.29, 1.82) is 0 Å². The Morgan fingerprint density at radius 3 is 2.53 bits per heavy atom. The van der Waals surface area contributed by atoms with Gasteiger partial charge in [-0.15, -0.1) is 0 Å². The molecule has 108 valence electrons. The highest BCUT2D eigenvalue weighted by atomic mass is 16.5. The lowest BCUT2D eigenvalue weighted by Gasteiger charge is -2.07. The van der Waals surface area contributed by atoms with Crippen molar-refractivity contribution < 1.29 is 24.5 Å². The van der Waals surface area contributed by atoms with E-state index in [-0.39, 0.29) is 5.75 Å². The second-order valence-corrected chi connectivity index (χ2v) is 3.93. The fourth-order valence-electron chi connectivity index (χ4n) is 1.25. The maximum Gasteiger partial charge on any atom is 0.300 e. The highest BCUT2D eigenvalue weighted by Gasteiger charge is 2.02. The third-order valence-corrected chi connectivity index (χ3v) is 2.16. The molecule has 0 aliphatic carbocycles. The Morgan fingerprint density at radius 1 is 1.37 bits per heavy atom. The highest BCUT2D eigenvalue weighted by Crippen LogP contribution is 2.26. The van der Waals surface area contributed by atoms with Crippen molar-refractivity contribution in [2.24, 2.45) is 0 Å². The van der Waals surface area contributed by atoms with Crippen LogP contribution in [0.2, 0.25) is 0 Å². The summed E-state index contributed by atoms with van der Waals surface area (Å²) >= 11 is 0. The maximum atomic E-state index is 9.38. The van der Waals surface area contributed by atoms with Crippen LogP contribution < -0.4 is 4.74 Å². The molecule has 0 radical (unpaired) electrons. The van der Waals surface area contributed by atoms with E-state index in [0.29, 0.717) is 12.4 Å². The molecule has 0 atom stereocenters. The van der Waals surface area contributed by atoms with Gasteiger partial charge in [-0.2, -0.15) is 0 Å². The van der Waals surface area contributed by atoms with E-state index >= 15 is 0 Å². The molecule has 0 aliphatic heterocycles. The molecule has 0 fully saturated rings. The molecule has 5 heteroatoms. The summed E-state index contributed by atoms with van der Waals surface area (Å²) < 4.78 is 10.5. The molecule has 0 aliphatic rings. The van der Waals surface area contributed by atoms with Crippen molar-refractivity contribution in [2.45, 2.75) is 33.3 Å². The van der Waals surface area contributed by atoms with E-state index in [0.717, 1.165) is 31.9 Å². The van der Waals surface area contributed by atoms with Gasteiger partial charge >= 0.3 is 0 Å². The lowest BCUT2D eigenvalue weighted by atomic mass is 10.2. The van der Waals surface area contributed by atoms with Gasteiger partial charge in [0.1, 0.15) is 0 Å². The van der Waals surface area contributed by atoms with Crippen molar-refractivity contribution in [2.75, 3.05) is 13.7 Å². The molecule has 0 saturated heterocycles. The standard InChI is InChI=1S/C12H18O3.C2H4O2/c1-3-4-7-15-9-10-5-6-11(13)12(8-10)14-2;1-2(3)4/h5-6,8,13H,3-4,7,9H2,1-2H3;1H3,(H,3,4). The van der Waals surface area contributed by atoms with E-state index in [4.69, 9.17) is 19.4 Å². The number of aromatic hydroxyl groups is 1. The van der Waals surface area contributed by atoms with Crippen LogP contribution in [0.25, 0.3) is 0 Å². The van der Waals surface area contributed by atoms with Crippen molar-refractivity contribution in [3.05, 3.63) is 23.8 Å². The lowest BCUT2D eigenvalue weighted by molar-refractivity contribution is -0.134. The summed E-state index contributed by atoms with van der Waals surface area (Å²) in [5.74, 6) is -0.179. The Morgan fingerprint density at radius 2 is 2.00 bits per heavy atom. The van der Waals surface area contributed by atoms with Gasteiger partial charge in [-0.05, 0) is 24.1 Å². The zero-order chi connectivity index (χ0) is 14.7. The number of unbranched alkanes of at least 4 members (excludes halogenated alkanes) is 1. The van der Waals surface area contributed by atoms with Gasteiger partial charge in [0, 0.05) is 13.5 Å². The van der Waals surface area contributed by atoms with Crippen molar-refractivity contribution in [3.8, 4) is 11.5 Å². The smallest absolute Gasteiger partial charge is 0.300 e. The van der Waals surface area contributed by atoms with E-state index in [9.17, 15) is 5.11 Å². The van der Waals surface area contributed by atoms with Gasteiger partial charge in [-0.3, -0.25) is 4.79 Å². The van der Waals surface area contributed by atoms with Crippen LogP contribution >= 0.6 is 0 Å². The minimum Gasteiger partial charge on any atom is -0.504 e. The number of ether oxygens (including phenoxy) is 2. The minimum absolute atomic E-state index is 0.162. The first kappa shape index (κ1) is 17.2. The molecule has 1 rings (SSSR count). The predicted molar refractivity (Wildman–Crippen MR) is 72.5 cm³/mol. The first-order valence-electron chi connectivity index (χ1n) is 6.14. The molecule has 0 spiro atoms. The number of methoxy groups -OCH3 is 1. The fraction of sp³-hybridized carbons (Fsp3) is 0.500. The van der Waals surface area contributed by atoms with E-state index < -0.39 is 5.97 Å². The summed E-state index contributed by atoms with van der Waals surface area (Å²) in [5.41, 5.74) is 1.01. The van der Waals surface area contributed by atoms with Crippen LogP contribution in [0.3, 0.4) is 0 Å². The Bertz CT molecular complexity index is 372. The van der Waals surface area contributed by atoms with Gasteiger partial charge in [0.15, 0.2) is 11.5 Å². The molecule has 0 saturated carbocycles. The fourth-order valence-corrected chi connectivity index (χ4v) is 1.25. The number of carbonyl (C=O) groups is 1. The summed E-state index contributed by atoms with van der Waals surface area (Å²) in [6.45, 7) is 4.56. The number of carboxylic acids is 1.